The number of unbranched alkanes of at least 4 members (excludes halogenated alkanes) is 1. The number of esters is 1. The second-order valence-electron chi connectivity index (χ2n) is 12.0. The molecule has 4 rings (SSSR count). The molecule has 0 unspecified atom stereocenters. The Balaban J connectivity index is 1.34. The van der Waals surface area contributed by atoms with Crippen molar-refractivity contribution in [3.05, 3.63) is 40.7 Å². The first-order valence-corrected chi connectivity index (χ1v) is 14.5. The number of nitrogens with zero attached hydrogens (tertiary/aromatic N) is 2. The topological polar surface area (TPSA) is 107 Å². The fourth-order valence-corrected chi connectivity index (χ4v) is 5.36. The number of halogens is 2. The van der Waals surface area contributed by atoms with E-state index < -0.39 is 40.4 Å². The van der Waals surface area contributed by atoms with Crippen molar-refractivity contribution < 1.29 is 47.2 Å². The quantitative estimate of drug-likeness (QED) is 0.201. The average molecular weight is 597 g/mol. The lowest BCUT2D eigenvalue weighted by Crippen LogP contribution is -2.60. The van der Waals surface area contributed by atoms with Crippen molar-refractivity contribution in [2.24, 2.45) is 5.92 Å². The molecule has 2 fully saturated rings. The molecule has 12 heteroatoms. The van der Waals surface area contributed by atoms with Crippen molar-refractivity contribution in [1.82, 2.24) is 10.0 Å². The van der Waals surface area contributed by atoms with Crippen LogP contribution >= 0.6 is 0 Å². The maximum Gasteiger partial charge on any atom is 0.347 e. The van der Waals surface area contributed by atoms with Gasteiger partial charge in [0.25, 0.3) is 5.91 Å². The summed E-state index contributed by atoms with van der Waals surface area (Å²) in [7, 11) is 0. The Hall–Kier alpha value is -2.80. The highest BCUT2D eigenvalue weighted by Crippen LogP contribution is 2.42. The number of hydrogen-bond donors (Lipinski definition) is 1. The van der Waals surface area contributed by atoms with Crippen LogP contribution in [0.1, 0.15) is 65.9 Å². The molecule has 1 amide bonds. The van der Waals surface area contributed by atoms with Crippen molar-refractivity contribution in [2.45, 2.75) is 84.3 Å². The van der Waals surface area contributed by atoms with Gasteiger partial charge in [0.15, 0.2) is 22.9 Å². The highest BCUT2D eigenvalue weighted by molar-refractivity contribution is 6.17. The molecule has 0 aromatic heterocycles. The molecule has 42 heavy (non-hydrogen) atoms. The molecule has 3 heterocycles. The summed E-state index contributed by atoms with van der Waals surface area (Å²) in [6.45, 7) is 10.8. The van der Waals surface area contributed by atoms with E-state index in [2.05, 4.69) is 0 Å². The van der Waals surface area contributed by atoms with Crippen LogP contribution in [-0.2, 0) is 35.1 Å². The average Bonchev–Trinajstić information content (AvgIpc) is 3.50. The van der Waals surface area contributed by atoms with Crippen molar-refractivity contribution in [1.29, 1.82) is 0 Å². The summed E-state index contributed by atoms with van der Waals surface area (Å²) in [4.78, 5) is 26.2. The summed E-state index contributed by atoms with van der Waals surface area (Å²) in [5.41, 5.74) is -1.61. The molecule has 0 aliphatic carbocycles. The Morgan fingerprint density at radius 1 is 1.17 bits per heavy atom. The minimum Gasteiger partial charge on any atom is -0.509 e. The summed E-state index contributed by atoms with van der Waals surface area (Å²) in [6.07, 6.45) is 2.22. The zero-order valence-electron chi connectivity index (χ0n) is 25.0. The fourth-order valence-electron chi connectivity index (χ4n) is 5.36. The van der Waals surface area contributed by atoms with Gasteiger partial charge in [-0.15, -0.1) is 0 Å². The molecule has 0 bridgehead atoms. The number of carbonyl (C=O) groups excluding carboxylic acids is 2. The van der Waals surface area contributed by atoms with Crippen LogP contribution in [-0.4, -0.2) is 84.0 Å². The van der Waals surface area contributed by atoms with Gasteiger partial charge >= 0.3 is 5.97 Å². The van der Waals surface area contributed by atoms with E-state index in [9.17, 15) is 19.1 Å². The van der Waals surface area contributed by atoms with Gasteiger partial charge in [0.1, 0.15) is 11.9 Å². The molecule has 1 aromatic rings. The van der Waals surface area contributed by atoms with Crippen LogP contribution in [0.15, 0.2) is 23.5 Å². The molecule has 1 N–H and O–H groups in total. The SMILES string of the molecule is CC(C)COC(=O)C1=C(O)[C@@]2(C)CCCN2N(Cc2ccc(OCCCCOC[C@H]3COC(C)(C)O3)c(F)c2F)C1=O. The lowest BCUT2D eigenvalue weighted by molar-refractivity contribution is -0.164. The van der Waals surface area contributed by atoms with E-state index in [1.807, 2.05) is 27.7 Å². The first-order valence-electron chi connectivity index (χ1n) is 14.5. The molecule has 2 saturated heterocycles. The first-order chi connectivity index (χ1) is 19.8. The molecular formula is C30H42F2N2O8. The third-order valence-electron chi connectivity index (χ3n) is 7.60. The molecule has 0 radical (unpaired) electrons. The van der Waals surface area contributed by atoms with Crippen molar-refractivity contribution >= 4 is 11.9 Å². The smallest absolute Gasteiger partial charge is 0.347 e. The van der Waals surface area contributed by atoms with E-state index in [1.165, 1.54) is 17.1 Å². The highest BCUT2D eigenvalue weighted by atomic mass is 19.2. The van der Waals surface area contributed by atoms with E-state index in [1.54, 1.807) is 11.9 Å². The lowest BCUT2D eigenvalue weighted by Gasteiger charge is -2.46. The number of aliphatic hydroxyl groups excluding tert-OH is 1. The van der Waals surface area contributed by atoms with Crippen molar-refractivity contribution in [3.63, 3.8) is 0 Å². The number of benzene rings is 1. The monoisotopic (exact) mass is 596 g/mol. The molecule has 234 valence electrons. The normalized spacial score (nSPS) is 24.0. The van der Waals surface area contributed by atoms with E-state index in [0.29, 0.717) is 52.0 Å². The van der Waals surface area contributed by atoms with E-state index in [0.717, 1.165) is 0 Å². The van der Waals surface area contributed by atoms with Gasteiger partial charge in [-0.1, -0.05) is 19.9 Å². The Morgan fingerprint density at radius 3 is 2.60 bits per heavy atom. The number of amides is 1. The van der Waals surface area contributed by atoms with Crippen LogP contribution in [0.25, 0.3) is 0 Å². The predicted molar refractivity (Wildman–Crippen MR) is 147 cm³/mol. The molecule has 0 spiro atoms. The third-order valence-corrected chi connectivity index (χ3v) is 7.60. The van der Waals surface area contributed by atoms with E-state index in [4.69, 9.17) is 23.7 Å². The maximum atomic E-state index is 15.2. The highest BCUT2D eigenvalue weighted by Gasteiger charge is 2.53. The van der Waals surface area contributed by atoms with Crippen LogP contribution < -0.4 is 4.74 Å². The van der Waals surface area contributed by atoms with Gasteiger partial charge in [0.05, 0.1) is 38.5 Å². The summed E-state index contributed by atoms with van der Waals surface area (Å²) in [6, 6.07) is 2.68. The number of carbonyl (C=O) groups is 2. The summed E-state index contributed by atoms with van der Waals surface area (Å²) in [5, 5.41) is 13.8. The van der Waals surface area contributed by atoms with Gasteiger partial charge in [0.2, 0.25) is 5.82 Å². The van der Waals surface area contributed by atoms with Gasteiger partial charge in [0, 0.05) is 18.7 Å². The van der Waals surface area contributed by atoms with Gasteiger partial charge in [-0.3, -0.25) is 9.80 Å². The van der Waals surface area contributed by atoms with Crippen LogP contribution in [0.5, 0.6) is 5.75 Å². The summed E-state index contributed by atoms with van der Waals surface area (Å²) < 4.78 is 57.7. The van der Waals surface area contributed by atoms with Crippen molar-refractivity contribution in [2.75, 3.05) is 39.6 Å². The van der Waals surface area contributed by atoms with Crippen molar-refractivity contribution in [3.8, 4) is 5.75 Å². The molecule has 0 saturated carbocycles. The zero-order valence-corrected chi connectivity index (χ0v) is 25.0. The van der Waals surface area contributed by atoms with E-state index in [-0.39, 0.29) is 48.9 Å². The molecule has 1 aromatic carbocycles. The van der Waals surface area contributed by atoms with Crippen LogP contribution in [0.2, 0.25) is 0 Å². The minimum atomic E-state index is -1.16. The number of rotatable bonds is 13. The maximum absolute atomic E-state index is 15.2. The van der Waals surface area contributed by atoms with Crippen LogP contribution in [0, 0.1) is 17.6 Å². The Labute approximate surface area is 245 Å². The number of hydrazine groups is 1. The summed E-state index contributed by atoms with van der Waals surface area (Å²) >= 11 is 0. The minimum absolute atomic E-state index is 0.0243. The van der Waals surface area contributed by atoms with Gasteiger partial charge < -0.3 is 28.8 Å². The summed E-state index contributed by atoms with van der Waals surface area (Å²) in [5.74, 6) is -5.23. The number of fused-ring (bicyclic) bond motifs is 1. The second-order valence-corrected chi connectivity index (χ2v) is 12.0. The largest absolute Gasteiger partial charge is 0.509 e. The third kappa shape index (κ3) is 7.04. The Bertz CT molecular complexity index is 1190. The lowest BCUT2D eigenvalue weighted by atomic mass is 9.91. The van der Waals surface area contributed by atoms with Gasteiger partial charge in [-0.25, -0.2) is 14.2 Å². The van der Waals surface area contributed by atoms with E-state index >= 15 is 4.39 Å². The number of aliphatic hydroxyl groups is 1. The predicted octanol–water partition coefficient (Wildman–Crippen LogP) is 4.41. The Kier molecular flexibility index (Phi) is 10.1. The fraction of sp³-hybridized carbons (Fsp3) is 0.667. The number of ether oxygens (including phenoxy) is 5. The van der Waals surface area contributed by atoms with Gasteiger partial charge in [-0.2, -0.15) is 4.39 Å². The van der Waals surface area contributed by atoms with Gasteiger partial charge in [-0.05, 0) is 58.4 Å². The molecule has 3 aliphatic heterocycles. The Morgan fingerprint density at radius 2 is 1.90 bits per heavy atom. The molecule has 3 aliphatic rings. The van der Waals surface area contributed by atoms with Crippen LogP contribution in [0.4, 0.5) is 8.78 Å². The first kappa shape index (κ1) is 32.1. The second kappa shape index (κ2) is 13.2. The molecular weight excluding hydrogens is 554 g/mol. The zero-order chi connectivity index (χ0) is 30.7. The molecule has 2 atom stereocenters. The van der Waals surface area contributed by atoms with Crippen LogP contribution in [0.3, 0.4) is 0 Å². The molecule has 10 nitrogen and oxygen atoms in total. The number of hydrogen-bond acceptors (Lipinski definition) is 9. The standard InChI is InChI=1S/C30H42F2N2O8/c1-19(2)16-40-28(37)23-26(35)30(5)11-8-12-34(30)33(27(23)36)15-20-9-10-22(25(32)24(20)31)39-14-7-6-13-38-17-21-18-41-29(3,4)42-21/h9-10,19,21,35H,6-8,11-18H2,1-5H3/t21-,30+/m0/s1.